The standard InChI is InChI=1S/C27H25N3/c1-3-9-26-29-24-12-7-8-13-25(24)30(26)19-21-14-16-23(17-15-21)27(20(2)18-28)22-10-5-4-6-11-22/h4-8,10-17H,3,9,19H2,1-2H3/b27-20+. The Morgan fingerprint density at radius 3 is 2.27 bits per heavy atom. The van der Waals surface area contributed by atoms with Gasteiger partial charge in [-0.2, -0.15) is 5.26 Å². The molecule has 0 aliphatic rings. The molecule has 0 spiro atoms. The summed E-state index contributed by atoms with van der Waals surface area (Å²) in [5, 5.41) is 9.52. The van der Waals surface area contributed by atoms with Crippen molar-refractivity contribution in [2.24, 2.45) is 0 Å². The number of hydrogen-bond acceptors (Lipinski definition) is 2. The zero-order chi connectivity index (χ0) is 20.9. The van der Waals surface area contributed by atoms with Crippen molar-refractivity contribution >= 4 is 16.6 Å². The molecule has 148 valence electrons. The van der Waals surface area contributed by atoms with Gasteiger partial charge in [-0.3, -0.25) is 0 Å². The normalized spacial score (nSPS) is 11.9. The van der Waals surface area contributed by atoms with Gasteiger partial charge in [0.25, 0.3) is 0 Å². The van der Waals surface area contributed by atoms with E-state index in [1.54, 1.807) is 0 Å². The van der Waals surface area contributed by atoms with E-state index in [-0.39, 0.29) is 0 Å². The first-order chi connectivity index (χ1) is 14.7. The second kappa shape index (κ2) is 8.80. The van der Waals surface area contributed by atoms with E-state index in [4.69, 9.17) is 4.98 Å². The highest BCUT2D eigenvalue weighted by Crippen LogP contribution is 2.27. The predicted molar refractivity (Wildman–Crippen MR) is 123 cm³/mol. The van der Waals surface area contributed by atoms with Crippen LogP contribution in [0.2, 0.25) is 0 Å². The average molecular weight is 392 g/mol. The fourth-order valence-electron chi connectivity index (χ4n) is 3.94. The van der Waals surface area contributed by atoms with Gasteiger partial charge in [0.1, 0.15) is 5.82 Å². The molecule has 0 atom stereocenters. The molecule has 30 heavy (non-hydrogen) atoms. The van der Waals surface area contributed by atoms with E-state index in [2.05, 4.69) is 72.2 Å². The molecule has 0 bridgehead atoms. The van der Waals surface area contributed by atoms with Crippen LogP contribution in [0.15, 0.2) is 84.4 Å². The molecule has 0 N–H and O–H groups in total. The van der Waals surface area contributed by atoms with Crippen LogP contribution in [0.25, 0.3) is 16.6 Å². The molecule has 0 unspecified atom stereocenters. The van der Waals surface area contributed by atoms with Crippen LogP contribution in [0.3, 0.4) is 0 Å². The molecule has 0 radical (unpaired) electrons. The Morgan fingerprint density at radius 2 is 1.57 bits per heavy atom. The Balaban J connectivity index is 1.69. The molecule has 0 saturated heterocycles. The second-order valence-electron chi connectivity index (χ2n) is 7.53. The number of nitriles is 1. The first-order valence-corrected chi connectivity index (χ1v) is 10.4. The van der Waals surface area contributed by atoms with Gasteiger partial charge in [-0.05, 0) is 42.2 Å². The van der Waals surface area contributed by atoms with Gasteiger partial charge in [0.15, 0.2) is 0 Å². The molecular formula is C27H25N3. The highest BCUT2D eigenvalue weighted by Gasteiger charge is 2.12. The van der Waals surface area contributed by atoms with E-state index in [0.717, 1.165) is 53.0 Å². The highest BCUT2D eigenvalue weighted by molar-refractivity contribution is 5.84. The van der Waals surface area contributed by atoms with Crippen LogP contribution in [0.4, 0.5) is 0 Å². The molecule has 0 aliphatic carbocycles. The Labute approximate surface area is 177 Å². The molecule has 0 saturated carbocycles. The molecule has 1 heterocycles. The van der Waals surface area contributed by atoms with Crippen LogP contribution in [0.5, 0.6) is 0 Å². The minimum Gasteiger partial charge on any atom is -0.323 e. The van der Waals surface area contributed by atoms with Crippen molar-refractivity contribution in [3.05, 3.63) is 107 Å². The molecule has 0 fully saturated rings. The maximum Gasteiger partial charge on any atom is 0.110 e. The predicted octanol–water partition coefficient (Wildman–Crippen LogP) is 6.38. The lowest BCUT2D eigenvalue weighted by Gasteiger charge is -2.12. The monoisotopic (exact) mass is 391 g/mol. The quantitative estimate of drug-likeness (QED) is 0.358. The summed E-state index contributed by atoms with van der Waals surface area (Å²) < 4.78 is 2.32. The van der Waals surface area contributed by atoms with Gasteiger partial charge in [-0.15, -0.1) is 0 Å². The van der Waals surface area contributed by atoms with Crippen LogP contribution in [0, 0.1) is 11.3 Å². The lowest BCUT2D eigenvalue weighted by molar-refractivity contribution is 0.722. The molecular weight excluding hydrogens is 366 g/mol. The fourth-order valence-corrected chi connectivity index (χ4v) is 3.94. The zero-order valence-corrected chi connectivity index (χ0v) is 17.5. The van der Waals surface area contributed by atoms with E-state index in [1.807, 2.05) is 31.2 Å². The summed E-state index contributed by atoms with van der Waals surface area (Å²) >= 11 is 0. The van der Waals surface area contributed by atoms with E-state index in [0.29, 0.717) is 0 Å². The third kappa shape index (κ3) is 3.90. The first-order valence-electron chi connectivity index (χ1n) is 10.4. The summed E-state index contributed by atoms with van der Waals surface area (Å²) in [5.74, 6) is 1.13. The van der Waals surface area contributed by atoms with Gasteiger partial charge in [0, 0.05) is 24.1 Å². The summed E-state index contributed by atoms with van der Waals surface area (Å²) in [6.07, 6.45) is 2.04. The largest absolute Gasteiger partial charge is 0.323 e. The number of imidazole rings is 1. The second-order valence-corrected chi connectivity index (χ2v) is 7.53. The number of aryl methyl sites for hydroxylation is 1. The summed E-state index contributed by atoms with van der Waals surface area (Å²) in [5.41, 5.74) is 7.29. The Kier molecular flexibility index (Phi) is 5.77. The van der Waals surface area contributed by atoms with Crippen LogP contribution >= 0.6 is 0 Å². The van der Waals surface area contributed by atoms with Gasteiger partial charge in [-0.1, -0.05) is 73.7 Å². The summed E-state index contributed by atoms with van der Waals surface area (Å²) in [4.78, 5) is 4.84. The topological polar surface area (TPSA) is 41.6 Å². The third-order valence-electron chi connectivity index (χ3n) is 5.40. The number of rotatable bonds is 6. The molecule has 0 amide bonds. The van der Waals surface area contributed by atoms with Crippen molar-refractivity contribution in [1.82, 2.24) is 9.55 Å². The summed E-state index contributed by atoms with van der Waals surface area (Å²) in [6, 6.07) is 29.3. The Morgan fingerprint density at radius 1 is 0.900 bits per heavy atom. The maximum absolute atomic E-state index is 9.52. The first kappa shape index (κ1) is 19.7. The van der Waals surface area contributed by atoms with E-state index in [1.165, 1.54) is 11.1 Å². The van der Waals surface area contributed by atoms with Crippen LogP contribution in [0.1, 0.15) is 42.8 Å². The number of aromatic nitrogens is 2. The van der Waals surface area contributed by atoms with Crippen molar-refractivity contribution in [1.29, 1.82) is 5.26 Å². The van der Waals surface area contributed by atoms with Gasteiger partial charge in [0.2, 0.25) is 0 Å². The number of fused-ring (bicyclic) bond motifs is 1. The SMILES string of the molecule is CCCc1nc2ccccc2n1Cc1ccc(/C(=C(\C)C#N)c2ccccc2)cc1. The van der Waals surface area contributed by atoms with Crippen molar-refractivity contribution < 1.29 is 0 Å². The molecule has 0 aliphatic heterocycles. The van der Waals surface area contributed by atoms with Crippen molar-refractivity contribution in [2.75, 3.05) is 0 Å². The van der Waals surface area contributed by atoms with Crippen LogP contribution in [-0.2, 0) is 13.0 Å². The van der Waals surface area contributed by atoms with Crippen molar-refractivity contribution in [2.45, 2.75) is 33.2 Å². The number of allylic oxidation sites excluding steroid dienone is 1. The minimum atomic E-state index is 0.722. The Bertz CT molecular complexity index is 1220. The van der Waals surface area contributed by atoms with Crippen molar-refractivity contribution in [3.63, 3.8) is 0 Å². The fraction of sp³-hybridized carbons (Fsp3) is 0.185. The number of nitrogens with zero attached hydrogens (tertiary/aromatic N) is 3. The summed E-state index contributed by atoms with van der Waals surface area (Å²) in [7, 11) is 0. The van der Waals surface area contributed by atoms with Gasteiger partial charge >= 0.3 is 0 Å². The molecule has 1 aromatic heterocycles. The van der Waals surface area contributed by atoms with E-state index in [9.17, 15) is 5.26 Å². The van der Waals surface area contributed by atoms with Crippen molar-refractivity contribution in [3.8, 4) is 6.07 Å². The number of hydrogen-bond donors (Lipinski definition) is 0. The highest BCUT2D eigenvalue weighted by atomic mass is 15.1. The molecule has 4 aromatic rings. The summed E-state index contributed by atoms with van der Waals surface area (Å²) in [6.45, 7) is 4.86. The van der Waals surface area contributed by atoms with E-state index >= 15 is 0 Å². The molecule has 3 nitrogen and oxygen atoms in total. The van der Waals surface area contributed by atoms with Crippen LogP contribution in [-0.4, -0.2) is 9.55 Å². The van der Waals surface area contributed by atoms with Gasteiger partial charge in [-0.25, -0.2) is 4.98 Å². The third-order valence-corrected chi connectivity index (χ3v) is 5.40. The average Bonchev–Trinajstić information content (AvgIpc) is 3.13. The Hall–Kier alpha value is -3.64. The van der Waals surface area contributed by atoms with Crippen LogP contribution < -0.4 is 0 Å². The zero-order valence-electron chi connectivity index (χ0n) is 17.5. The number of benzene rings is 3. The van der Waals surface area contributed by atoms with Gasteiger partial charge < -0.3 is 4.57 Å². The lowest BCUT2D eigenvalue weighted by Crippen LogP contribution is -2.05. The maximum atomic E-state index is 9.52. The lowest BCUT2D eigenvalue weighted by atomic mass is 9.93. The molecule has 3 aromatic carbocycles. The van der Waals surface area contributed by atoms with Gasteiger partial charge in [0.05, 0.1) is 17.1 Å². The molecule has 3 heteroatoms. The minimum absolute atomic E-state index is 0.722. The van der Waals surface area contributed by atoms with E-state index < -0.39 is 0 Å². The smallest absolute Gasteiger partial charge is 0.110 e. The molecule has 4 rings (SSSR count). The number of para-hydroxylation sites is 2.